The molecule has 0 aliphatic heterocycles. The number of nitrogens with two attached hydrogens (primary N) is 1. The van der Waals surface area contributed by atoms with Crippen molar-refractivity contribution >= 4 is 5.69 Å². The molecule has 1 aromatic rings. The van der Waals surface area contributed by atoms with Gasteiger partial charge >= 0.3 is 6.18 Å². The molecule has 0 aromatic carbocycles. The predicted molar refractivity (Wildman–Crippen MR) is 53.8 cm³/mol. The molecule has 0 fully saturated rings. The second kappa shape index (κ2) is 5.55. The Hall–Kier alpha value is -1.73. The van der Waals surface area contributed by atoms with Crippen LogP contribution in [0.15, 0.2) is 6.33 Å². The molecular weight excluding hydrogens is 239 g/mol. The molecule has 96 valence electrons. The third-order valence-electron chi connectivity index (χ3n) is 1.63. The number of ether oxygens (including phenoxy) is 2. The lowest BCUT2D eigenvalue weighted by Crippen LogP contribution is -2.20. The van der Waals surface area contributed by atoms with Crippen molar-refractivity contribution in [3.8, 4) is 11.8 Å². The van der Waals surface area contributed by atoms with E-state index in [9.17, 15) is 13.2 Å². The van der Waals surface area contributed by atoms with Gasteiger partial charge in [0.15, 0.2) is 12.3 Å². The molecule has 0 bridgehead atoms. The highest BCUT2D eigenvalue weighted by Crippen LogP contribution is 2.28. The van der Waals surface area contributed by atoms with Gasteiger partial charge in [0.1, 0.15) is 6.33 Å². The zero-order chi connectivity index (χ0) is 12.9. The van der Waals surface area contributed by atoms with E-state index in [0.717, 1.165) is 12.7 Å². The summed E-state index contributed by atoms with van der Waals surface area (Å²) in [5, 5.41) is 0. The van der Waals surface area contributed by atoms with Gasteiger partial charge in [0.25, 0.3) is 0 Å². The maximum atomic E-state index is 11.9. The number of nitrogen functional groups attached to an aromatic ring is 1. The van der Waals surface area contributed by atoms with Crippen LogP contribution in [-0.4, -0.2) is 29.4 Å². The highest BCUT2D eigenvalue weighted by Gasteiger charge is 2.29. The quantitative estimate of drug-likeness (QED) is 0.863. The van der Waals surface area contributed by atoms with E-state index in [2.05, 4.69) is 14.7 Å². The summed E-state index contributed by atoms with van der Waals surface area (Å²) in [5.41, 5.74) is 5.38. The van der Waals surface area contributed by atoms with E-state index in [-0.39, 0.29) is 17.4 Å². The third-order valence-corrected chi connectivity index (χ3v) is 1.63. The summed E-state index contributed by atoms with van der Waals surface area (Å²) in [6.45, 7) is 0.778. The fourth-order valence-electron chi connectivity index (χ4n) is 0.943. The van der Waals surface area contributed by atoms with Crippen LogP contribution in [-0.2, 0) is 0 Å². The molecule has 0 radical (unpaired) electrons. The molecule has 2 N–H and O–H groups in total. The minimum Gasteiger partial charge on any atom is -0.476 e. The summed E-state index contributed by atoms with van der Waals surface area (Å²) in [6.07, 6.45) is -2.68. The van der Waals surface area contributed by atoms with Gasteiger partial charge in [-0.05, 0) is 6.42 Å². The number of aromatic nitrogens is 2. The van der Waals surface area contributed by atoms with Gasteiger partial charge in [-0.15, -0.1) is 0 Å². The number of hydrogen-bond donors (Lipinski definition) is 1. The van der Waals surface area contributed by atoms with Crippen molar-refractivity contribution in [1.82, 2.24) is 9.97 Å². The first-order valence-electron chi connectivity index (χ1n) is 4.87. The Morgan fingerprint density at radius 2 is 1.82 bits per heavy atom. The van der Waals surface area contributed by atoms with Crippen LogP contribution in [0.5, 0.6) is 11.8 Å². The first-order valence-corrected chi connectivity index (χ1v) is 4.87. The zero-order valence-electron chi connectivity index (χ0n) is 9.12. The number of alkyl halides is 3. The van der Waals surface area contributed by atoms with Crippen molar-refractivity contribution < 1.29 is 22.6 Å². The molecule has 17 heavy (non-hydrogen) atoms. The van der Waals surface area contributed by atoms with E-state index in [0.29, 0.717) is 6.61 Å². The number of nitrogens with zero attached hydrogens (tertiary/aromatic N) is 2. The van der Waals surface area contributed by atoms with Gasteiger partial charge in [-0.1, -0.05) is 6.92 Å². The monoisotopic (exact) mass is 251 g/mol. The Balaban J connectivity index is 2.72. The topological polar surface area (TPSA) is 70.3 Å². The van der Waals surface area contributed by atoms with Crippen molar-refractivity contribution in [1.29, 1.82) is 0 Å². The van der Waals surface area contributed by atoms with Crippen LogP contribution in [0.2, 0.25) is 0 Å². The molecule has 0 aliphatic carbocycles. The zero-order valence-corrected chi connectivity index (χ0v) is 9.12. The van der Waals surface area contributed by atoms with Gasteiger partial charge < -0.3 is 15.2 Å². The molecule has 5 nitrogen and oxygen atoms in total. The van der Waals surface area contributed by atoms with Crippen molar-refractivity contribution in [2.45, 2.75) is 19.5 Å². The molecule has 0 saturated carbocycles. The summed E-state index contributed by atoms with van der Waals surface area (Å²) in [6, 6.07) is 0. The fourth-order valence-corrected chi connectivity index (χ4v) is 0.943. The largest absolute Gasteiger partial charge is 0.476 e. The van der Waals surface area contributed by atoms with Crippen molar-refractivity contribution in [2.75, 3.05) is 18.9 Å². The third kappa shape index (κ3) is 4.33. The van der Waals surface area contributed by atoms with E-state index in [4.69, 9.17) is 10.5 Å². The second-order valence-corrected chi connectivity index (χ2v) is 3.15. The lowest BCUT2D eigenvalue weighted by Gasteiger charge is -2.11. The maximum absolute atomic E-state index is 11.9. The minimum atomic E-state index is -4.44. The molecule has 0 unspecified atom stereocenters. The first-order chi connectivity index (χ1) is 7.94. The van der Waals surface area contributed by atoms with Gasteiger partial charge in [0, 0.05) is 0 Å². The van der Waals surface area contributed by atoms with Crippen molar-refractivity contribution in [3.63, 3.8) is 0 Å². The van der Waals surface area contributed by atoms with Crippen molar-refractivity contribution in [2.24, 2.45) is 0 Å². The van der Waals surface area contributed by atoms with E-state index < -0.39 is 12.8 Å². The standard InChI is InChI=1S/C9H12F3N3O2/c1-2-3-16-7-6(13)8(15-5-14-7)17-4-9(10,11)12/h5H,2-4,13H2,1H3. The molecule has 1 rings (SSSR count). The Labute approximate surface area is 95.8 Å². The smallest absolute Gasteiger partial charge is 0.422 e. The first kappa shape index (κ1) is 13.3. The summed E-state index contributed by atoms with van der Waals surface area (Å²) >= 11 is 0. The Bertz CT molecular complexity index is 371. The van der Waals surface area contributed by atoms with E-state index >= 15 is 0 Å². The number of anilines is 1. The van der Waals surface area contributed by atoms with Gasteiger partial charge in [0.05, 0.1) is 6.61 Å². The van der Waals surface area contributed by atoms with Crippen LogP contribution in [0.1, 0.15) is 13.3 Å². The lowest BCUT2D eigenvalue weighted by molar-refractivity contribution is -0.154. The average Bonchev–Trinajstić information content (AvgIpc) is 2.25. The number of rotatable bonds is 5. The van der Waals surface area contributed by atoms with Gasteiger partial charge in [-0.3, -0.25) is 0 Å². The summed E-state index contributed by atoms with van der Waals surface area (Å²) in [7, 11) is 0. The summed E-state index contributed by atoms with van der Waals surface area (Å²) < 4.78 is 45.4. The molecule has 1 heterocycles. The van der Waals surface area contributed by atoms with E-state index in [1.165, 1.54) is 0 Å². The van der Waals surface area contributed by atoms with Gasteiger partial charge in [-0.25, -0.2) is 0 Å². The van der Waals surface area contributed by atoms with Crippen molar-refractivity contribution in [3.05, 3.63) is 6.33 Å². The summed E-state index contributed by atoms with van der Waals surface area (Å²) in [5.74, 6) is -0.303. The molecule has 0 saturated heterocycles. The van der Waals surface area contributed by atoms with Crippen LogP contribution in [0.25, 0.3) is 0 Å². The Morgan fingerprint density at radius 1 is 1.24 bits per heavy atom. The lowest BCUT2D eigenvalue weighted by atomic mass is 10.5. The molecule has 8 heteroatoms. The van der Waals surface area contributed by atoms with Gasteiger partial charge in [-0.2, -0.15) is 23.1 Å². The van der Waals surface area contributed by atoms with Crippen LogP contribution in [0.4, 0.5) is 18.9 Å². The fraction of sp³-hybridized carbons (Fsp3) is 0.556. The molecule has 1 aromatic heterocycles. The number of halogens is 3. The highest BCUT2D eigenvalue weighted by molar-refractivity contribution is 5.55. The molecule has 0 spiro atoms. The minimum absolute atomic E-state index is 0.0269. The van der Waals surface area contributed by atoms with E-state index in [1.54, 1.807) is 0 Å². The predicted octanol–water partition coefficient (Wildman–Crippen LogP) is 1.79. The molecular formula is C9H12F3N3O2. The van der Waals surface area contributed by atoms with Crippen LogP contribution in [0.3, 0.4) is 0 Å². The van der Waals surface area contributed by atoms with Crippen LogP contribution < -0.4 is 15.2 Å². The highest BCUT2D eigenvalue weighted by atomic mass is 19.4. The van der Waals surface area contributed by atoms with E-state index in [1.807, 2.05) is 6.92 Å². The normalized spacial score (nSPS) is 11.3. The molecule has 0 amide bonds. The Kier molecular flexibility index (Phi) is 4.36. The van der Waals surface area contributed by atoms with Crippen LogP contribution >= 0.6 is 0 Å². The SMILES string of the molecule is CCCOc1ncnc(OCC(F)(F)F)c1N. The second-order valence-electron chi connectivity index (χ2n) is 3.15. The Morgan fingerprint density at radius 3 is 2.35 bits per heavy atom. The molecule has 0 atom stereocenters. The molecule has 0 aliphatic rings. The maximum Gasteiger partial charge on any atom is 0.422 e. The summed E-state index contributed by atoms with van der Waals surface area (Å²) in [4.78, 5) is 7.21. The number of hydrogen-bond acceptors (Lipinski definition) is 5. The van der Waals surface area contributed by atoms with Gasteiger partial charge in [0.2, 0.25) is 11.8 Å². The van der Waals surface area contributed by atoms with Crippen LogP contribution in [0, 0.1) is 0 Å². The average molecular weight is 251 g/mol.